The molecule has 0 bridgehead atoms. The molecule has 0 aliphatic carbocycles. The van der Waals surface area contributed by atoms with E-state index in [4.69, 9.17) is 4.74 Å². The minimum Gasteiger partial charge on any atom is -0.438 e. The van der Waals surface area contributed by atoms with Crippen LogP contribution in [0.4, 0.5) is 11.6 Å². The van der Waals surface area contributed by atoms with Gasteiger partial charge in [-0.25, -0.2) is 0 Å². The SMILES string of the molecule is C=C(C)/C=C\CC(C)C(C)C(C)Nc1nc(Oc2cccc([N+](=O)[O-])c2)c2cc[nH]c2n1. The first-order valence-electron chi connectivity index (χ1n) is 10.6. The molecule has 2 heterocycles. The summed E-state index contributed by atoms with van der Waals surface area (Å²) in [6.45, 7) is 12.4. The zero-order valence-corrected chi connectivity index (χ0v) is 18.8. The smallest absolute Gasteiger partial charge is 0.273 e. The Balaban J connectivity index is 1.79. The second kappa shape index (κ2) is 10.1. The lowest BCUT2D eigenvalue weighted by Gasteiger charge is -2.26. The molecule has 0 spiro atoms. The molecule has 3 rings (SSSR count). The third-order valence-electron chi connectivity index (χ3n) is 5.58. The Labute approximate surface area is 187 Å². The maximum absolute atomic E-state index is 11.1. The third kappa shape index (κ3) is 5.72. The molecule has 8 nitrogen and oxygen atoms in total. The average molecular weight is 436 g/mol. The van der Waals surface area contributed by atoms with Gasteiger partial charge >= 0.3 is 0 Å². The van der Waals surface area contributed by atoms with E-state index in [9.17, 15) is 10.1 Å². The number of fused-ring (bicyclic) bond motifs is 1. The topological polar surface area (TPSA) is 106 Å². The molecule has 0 amide bonds. The molecular formula is C24H29N5O3. The van der Waals surface area contributed by atoms with Crippen LogP contribution in [-0.2, 0) is 0 Å². The van der Waals surface area contributed by atoms with Crippen molar-refractivity contribution in [3.63, 3.8) is 0 Å². The number of benzene rings is 1. The summed E-state index contributed by atoms with van der Waals surface area (Å²) in [5, 5.41) is 15.2. The van der Waals surface area contributed by atoms with Crippen molar-refractivity contribution in [3.8, 4) is 11.6 Å². The second-order valence-corrected chi connectivity index (χ2v) is 8.20. The summed E-state index contributed by atoms with van der Waals surface area (Å²) < 4.78 is 5.91. The summed E-state index contributed by atoms with van der Waals surface area (Å²) in [5.74, 6) is 1.91. The number of aromatic nitrogens is 3. The van der Waals surface area contributed by atoms with Gasteiger partial charge in [0, 0.05) is 18.3 Å². The lowest BCUT2D eigenvalue weighted by atomic mass is 9.87. The number of allylic oxidation sites excluding steroid dienone is 3. The molecule has 0 saturated heterocycles. The Hall–Kier alpha value is -3.68. The van der Waals surface area contributed by atoms with Crippen LogP contribution in [0.15, 0.2) is 60.8 Å². The Kier molecular flexibility index (Phi) is 7.25. The van der Waals surface area contributed by atoms with E-state index in [2.05, 4.69) is 53.7 Å². The van der Waals surface area contributed by atoms with Crippen molar-refractivity contribution in [2.45, 2.75) is 40.2 Å². The number of nitrogens with one attached hydrogen (secondary N) is 2. The fourth-order valence-corrected chi connectivity index (χ4v) is 3.35. The normalized spacial score (nSPS) is 14.2. The summed E-state index contributed by atoms with van der Waals surface area (Å²) in [5.41, 5.74) is 1.62. The number of non-ortho nitro benzene ring substituents is 1. The van der Waals surface area contributed by atoms with Gasteiger partial charge in [0.15, 0.2) is 0 Å². The predicted molar refractivity (Wildman–Crippen MR) is 127 cm³/mol. The summed E-state index contributed by atoms with van der Waals surface area (Å²) >= 11 is 0. The summed E-state index contributed by atoms with van der Waals surface area (Å²) in [6, 6.07) is 7.95. The van der Waals surface area contributed by atoms with E-state index in [1.807, 2.05) is 19.1 Å². The van der Waals surface area contributed by atoms with Gasteiger partial charge in [-0.1, -0.05) is 44.2 Å². The Morgan fingerprint density at radius 3 is 2.81 bits per heavy atom. The molecule has 32 heavy (non-hydrogen) atoms. The molecule has 0 saturated carbocycles. The molecule has 2 aromatic heterocycles. The van der Waals surface area contributed by atoms with Gasteiger partial charge in [0.05, 0.1) is 16.4 Å². The fraction of sp³-hybridized carbons (Fsp3) is 0.333. The Bertz CT molecular complexity index is 1140. The number of aromatic amines is 1. The fourth-order valence-electron chi connectivity index (χ4n) is 3.35. The van der Waals surface area contributed by atoms with E-state index in [0.29, 0.717) is 40.4 Å². The average Bonchev–Trinajstić information content (AvgIpc) is 3.22. The number of ether oxygens (including phenoxy) is 1. The van der Waals surface area contributed by atoms with Crippen LogP contribution in [0, 0.1) is 22.0 Å². The maximum Gasteiger partial charge on any atom is 0.273 e. The highest BCUT2D eigenvalue weighted by Crippen LogP contribution is 2.30. The van der Waals surface area contributed by atoms with Crippen LogP contribution in [0.5, 0.6) is 11.6 Å². The van der Waals surface area contributed by atoms with Crippen LogP contribution < -0.4 is 10.1 Å². The van der Waals surface area contributed by atoms with E-state index < -0.39 is 4.92 Å². The standard InChI is InChI=1S/C24H29N5O3/c1-15(2)8-6-9-16(3)17(4)18(5)26-24-27-22-21(12-13-25-22)23(28-24)32-20-11-7-10-19(14-20)29(30)31/h6-8,10-14,16-18H,1,9H2,2-5H3,(H2,25,26,27,28)/b8-6-. The molecule has 3 unspecified atom stereocenters. The van der Waals surface area contributed by atoms with E-state index in [0.717, 1.165) is 12.0 Å². The van der Waals surface area contributed by atoms with Crippen molar-refractivity contribution in [3.05, 3.63) is 70.9 Å². The van der Waals surface area contributed by atoms with Gasteiger partial charge in [-0.2, -0.15) is 9.97 Å². The lowest BCUT2D eigenvalue weighted by molar-refractivity contribution is -0.384. The maximum atomic E-state index is 11.1. The zero-order valence-electron chi connectivity index (χ0n) is 18.8. The molecule has 0 aliphatic rings. The molecule has 0 fully saturated rings. The van der Waals surface area contributed by atoms with Crippen molar-refractivity contribution >= 4 is 22.7 Å². The zero-order chi connectivity index (χ0) is 23.3. The highest BCUT2D eigenvalue weighted by Gasteiger charge is 2.20. The molecular weight excluding hydrogens is 406 g/mol. The first-order valence-corrected chi connectivity index (χ1v) is 10.6. The van der Waals surface area contributed by atoms with E-state index in [1.54, 1.807) is 18.3 Å². The highest BCUT2D eigenvalue weighted by molar-refractivity contribution is 5.82. The molecule has 3 atom stereocenters. The first-order chi connectivity index (χ1) is 15.2. The molecule has 0 aliphatic heterocycles. The minimum absolute atomic E-state index is 0.0441. The monoisotopic (exact) mass is 435 g/mol. The predicted octanol–water partition coefficient (Wildman–Crippen LogP) is 6.25. The van der Waals surface area contributed by atoms with E-state index in [-0.39, 0.29) is 11.7 Å². The lowest BCUT2D eigenvalue weighted by Crippen LogP contribution is -2.29. The largest absolute Gasteiger partial charge is 0.438 e. The van der Waals surface area contributed by atoms with Crippen molar-refractivity contribution in [2.24, 2.45) is 11.8 Å². The van der Waals surface area contributed by atoms with Gasteiger partial charge in [0.1, 0.15) is 11.4 Å². The Morgan fingerprint density at radius 1 is 1.31 bits per heavy atom. The van der Waals surface area contributed by atoms with Crippen LogP contribution in [-0.4, -0.2) is 25.9 Å². The number of nitro benzene ring substituents is 1. The van der Waals surface area contributed by atoms with Crippen LogP contribution in [0.1, 0.15) is 34.1 Å². The first kappa shape index (κ1) is 23.0. The second-order valence-electron chi connectivity index (χ2n) is 8.20. The van der Waals surface area contributed by atoms with Gasteiger partial charge in [0.2, 0.25) is 11.8 Å². The highest BCUT2D eigenvalue weighted by atomic mass is 16.6. The molecule has 1 aromatic carbocycles. The number of hydrogen-bond donors (Lipinski definition) is 2. The number of hydrogen-bond acceptors (Lipinski definition) is 6. The van der Waals surface area contributed by atoms with Gasteiger partial charge < -0.3 is 15.0 Å². The van der Waals surface area contributed by atoms with Crippen molar-refractivity contribution in [1.29, 1.82) is 0 Å². The molecule has 8 heteroatoms. The number of rotatable bonds is 10. The van der Waals surface area contributed by atoms with Gasteiger partial charge in [-0.3, -0.25) is 10.1 Å². The van der Waals surface area contributed by atoms with Gasteiger partial charge in [-0.05, 0) is 44.2 Å². The quantitative estimate of drug-likeness (QED) is 0.221. The number of anilines is 1. The number of nitro groups is 1. The third-order valence-corrected chi connectivity index (χ3v) is 5.58. The van der Waals surface area contributed by atoms with E-state index in [1.165, 1.54) is 12.1 Å². The summed E-state index contributed by atoms with van der Waals surface area (Å²) in [7, 11) is 0. The molecule has 0 radical (unpaired) electrons. The minimum atomic E-state index is -0.457. The van der Waals surface area contributed by atoms with E-state index >= 15 is 0 Å². The Morgan fingerprint density at radius 2 is 2.09 bits per heavy atom. The van der Waals surface area contributed by atoms with Crippen molar-refractivity contribution in [2.75, 3.05) is 5.32 Å². The molecule has 2 N–H and O–H groups in total. The van der Waals surface area contributed by atoms with Gasteiger partial charge in [-0.15, -0.1) is 0 Å². The summed E-state index contributed by atoms with van der Waals surface area (Å²) in [6.07, 6.45) is 6.91. The van der Waals surface area contributed by atoms with Crippen LogP contribution in [0.25, 0.3) is 11.0 Å². The molecule has 168 valence electrons. The summed E-state index contributed by atoms with van der Waals surface area (Å²) in [4.78, 5) is 22.8. The van der Waals surface area contributed by atoms with Crippen LogP contribution >= 0.6 is 0 Å². The molecule has 3 aromatic rings. The number of H-pyrrole nitrogens is 1. The van der Waals surface area contributed by atoms with Crippen LogP contribution in [0.3, 0.4) is 0 Å². The van der Waals surface area contributed by atoms with Crippen molar-refractivity contribution in [1.82, 2.24) is 15.0 Å². The number of nitrogens with zero attached hydrogens (tertiary/aromatic N) is 3. The van der Waals surface area contributed by atoms with Gasteiger partial charge in [0.25, 0.3) is 5.69 Å². The van der Waals surface area contributed by atoms with Crippen LogP contribution in [0.2, 0.25) is 0 Å². The van der Waals surface area contributed by atoms with Crippen molar-refractivity contribution < 1.29 is 9.66 Å².